The van der Waals surface area contributed by atoms with Gasteiger partial charge in [0.15, 0.2) is 0 Å². The molecule has 0 fully saturated rings. The van der Waals surface area contributed by atoms with Crippen LogP contribution in [0.2, 0.25) is 0 Å². The smallest absolute Gasteiger partial charge is 0.137 e. The molecule has 18 heavy (non-hydrogen) atoms. The van der Waals surface area contributed by atoms with Crippen LogP contribution in [0.4, 0.5) is 0 Å². The summed E-state index contributed by atoms with van der Waals surface area (Å²) in [7, 11) is 0. The van der Waals surface area contributed by atoms with Gasteiger partial charge in [0.25, 0.3) is 0 Å². The molecule has 98 valence electrons. The number of nitrogens with one attached hydrogen (secondary N) is 1. The molecule has 2 heterocycles. The summed E-state index contributed by atoms with van der Waals surface area (Å²) in [5.74, 6) is 0. The van der Waals surface area contributed by atoms with E-state index < -0.39 is 0 Å². The predicted octanol–water partition coefficient (Wildman–Crippen LogP) is 1.77. The van der Waals surface area contributed by atoms with Gasteiger partial charge in [-0.25, -0.2) is 4.98 Å². The van der Waals surface area contributed by atoms with Crippen LogP contribution in [0.3, 0.4) is 0 Å². The molecule has 0 aliphatic heterocycles. The minimum atomic E-state index is 0.920. The van der Waals surface area contributed by atoms with Gasteiger partial charge in [-0.1, -0.05) is 19.9 Å². The van der Waals surface area contributed by atoms with Gasteiger partial charge in [-0.2, -0.15) is 0 Å². The Morgan fingerprint density at radius 2 is 2.22 bits per heavy atom. The molecule has 0 amide bonds. The summed E-state index contributed by atoms with van der Waals surface area (Å²) < 4.78 is 2.08. The van der Waals surface area contributed by atoms with Gasteiger partial charge in [0.2, 0.25) is 0 Å². The zero-order valence-electron chi connectivity index (χ0n) is 11.3. The van der Waals surface area contributed by atoms with Crippen molar-refractivity contribution in [2.75, 3.05) is 26.2 Å². The summed E-state index contributed by atoms with van der Waals surface area (Å²) >= 11 is 0. The molecule has 4 nitrogen and oxygen atoms in total. The van der Waals surface area contributed by atoms with Gasteiger partial charge < -0.3 is 9.72 Å². The molecule has 0 aliphatic rings. The zero-order valence-corrected chi connectivity index (χ0v) is 11.3. The van der Waals surface area contributed by atoms with Crippen molar-refractivity contribution in [2.45, 2.75) is 20.4 Å². The first kappa shape index (κ1) is 13.1. The molecule has 2 rings (SSSR count). The standard InChI is InChI=1S/C14H22N4/c1-3-15-8-10-17(4-2)11-13-12-18-9-6-5-7-14(18)16-13/h5-7,9,12,15H,3-4,8,10-11H2,1-2H3. The van der Waals surface area contributed by atoms with E-state index in [1.807, 2.05) is 24.4 Å². The van der Waals surface area contributed by atoms with E-state index in [2.05, 4.69) is 39.6 Å². The lowest BCUT2D eigenvalue weighted by molar-refractivity contribution is 0.277. The maximum atomic E-state index is 4.63. The molecule has 4 heteroatoms. The second-order valence-corrected chi connectivity index (χ2v) is 4.42. The maximum Gasteiger partial charge on any atom is 0.137 e. The SMILES string of the molecule is CCNCCN(CC)Cc1cn2ccccc2n1. The van der Waals surface area contributed by atoms with Gasteiger partial charge in [-0.15, -0.1) is 0 Å². The summed E-state index contributed by atoms with van der Waals surface area (Å²) in [5.41, 5.74) is 2.16. The number of pyridine rings is 1. The lowest BCUT2D eigenvalue weighted by Gasteiger charge is -2.19. The summed E-state index contributed by atoms with van der Waals surface area (Å²) in [6.45, 7) is 9.45. The minimum Gasteiger partial charge on any atom is -0.316 e. The van der Waals surface area contributed by atoms with Crippen molar-refractivity contribution < 1.29 is 0 Å². The molecule has 2 aromatic rings. The summed E-state index contributed by atoms with van der Waals surface area (Å²) in [5, 5.41) is 3.36. The average Bonchev–Trinajstić information content (AvgIpc) is 2.80. The highest BCUT2D eigenvalue weighted by molar-refractivity contribution is 5.39. The number of aromatic nitrogens is 2. The Bertz CT molecular complexity index is 444. The van der Waals surface area contributed by atoms with Crippen molar-refractivity contribution >= 4 is 5.65 Å². The monoisotopic (exact) mass is 246 g/mol. The summed E-state index contributed by atoms with van der Waals surface area (Å²) in [4.78, 5) is 7.04. The number of fused-ring (bicyclic) bond motifs is 1. The van der Waals surface area contributed by atoms with Gasteiger partial charge in [0.1, 0.15) is 5.65 Å². The van der Waals surface area contributed by atoms with Crippen molar-refractivity contribution in [3.8, 4) is 0 Å². The fourth-order valence-electron chi connectivity index (χ4n) is 2.06. The van der Waals surface area contributed by atoms with Crippen LogP contribution in [0.1, 0.15) is 19.5 Å². The normalized spacial score (nSPS) is 11.5. The van der Waals surface area contributed by atoms with E-state index in [9.17, 15) is 0 Å². The first-order valence-corrected chi connectivity index (χ1v) is 6.69. The average molecular weight is 246 g/mol. The number of nitrogens with zero attached hydrogens (tertiary/aromatic N) is 3. The molecule has 2 aromatic heterocycles. The Hall–Kier alpha value is -1.39. The zero-order chi connectivity index (χ0) is 12.8. The first-order chi connectivity index (χ1) is 8.83. The molecule has 0 spiro atoms. The lowest BCUT2D eigenvalue weighted by Crippen LogP contribution is -2.31. The Morgan fingerprint density at radius 3 is 2.94 bits per heavy atom. The largest absolute Gasteiger partial charge is 0.316 e. The number of rotatable bonds is 7. The quantitative estimate of drug-likeness (QED) is 0.756. The van der Waals surface area contributed by atoms with Crippen LogP contribution in [-0.4, -0.2) is 40.5 Å². The molecule has 0 bridgehead atoms. The summed E-state index contributed by atoms with van der Waals surface area (Å²) in [6, 6.07) is 6.09. The second kappa shape index (κ2) is 6.52. The third-order valence-electron chi connectivity index (χ3n) is 3.10. The maximum absolute atomic E-state index is 4.63. The van der Waals surface area contributed by atoms with Crippen LogP contribution in [-0.2, 0) is 6.54 Å². The van der Waals surface area contributed by atoms with Crippen molar-refractivity contribution in [3.05, 3.63) is 36.3 Å². The van der Waals surface area contributed by atoms with Crippen LogP contribution in [0.25, 0.3) is 5.65 Å². The predicted molar refractivity (Wildman–Crippen MR) is 74.7 cm³/mol. The Morgan fingerprint density at radius 1 is 1.33 bits per heavy atom. The van der Waals surface area contributed by atoms with E-state index in [0.717, 1.165) is 44.1 Å². The molecule has 0 saturated heterocycles. The minimum absolute atomic E-state index is 0.920. The highest BCUT2D eigenvalue weighted by atomic mass is 15.1. The van der Waals surface area contributed by atoms with Crippen molar-refractivity contribution in [2.24, 2.45) is 0 Å². The van der Waals surface area contributed by atoms with Crippen LogP contribution in [0.5, 0.6) is 0 Å². The van der Waals surface area contributed by atoms with Crippen LogP contribution in [0.15, 0.2) is 30.6 Å². The highest BCUT2D eigenvalue weighted by Crippen LogP contribution is 2.07. The Labute approximate surface area is 109 Å². The highest BCUT2D eigenvalue weighted by Gasteiger charge is 2.06. The van der Waals surface area contributed by atoms with E-state index in [1.165, 1.54) is 0 Å². The van der Waals surface area contributed by atoms with Crippen LogP contribution >= 0.6 is 0 Å². The molecule has 0 atom stereocenters. The van der Waals surface area contributed by atoms with E-state index in [4.69, 9.17) is 0 Å². The number of likely N-dealkylation sites (N-methyl/N-ethyl adjacent to an activating group) is 2. The fourth-order valence-corrected chi connectivity index (χ4v) is 2.06. The van der Waals surface area contributed by atoms with Gasteiger partial charge in [-0.3, -0.25) is 4.90 Å². The fraction of sp³-hybridized carbons (Fsp3) is 0.500. The van der Waals surface area contributed by atoms with E-state index >= 15 is 0 Å². The number of hydrogen-bond donors (Lipinski definition) is 1. The van der Waals surface area contributed by atoms with E-state index in [-0.39, 0.29) is 0 Å². The summed E-state index contributed by atoms with van der Waals surface area (Å²) in [6.07, 6.45) is 4.16. The molecule has 0 unspecified atom stereocenters. The molecule has 0 aromatic carbocycles. The molecule has 0 saturated carbocycles. The Balaban J connectivity index is 1.97. The second-order valence-electron chi connectivity index (χ2n) is 4.42. The van der Waals surface area contributed by atoms with Gasteiger partial charge in [-0.05, 0) is 25.2 Å². The van der Waals surface area contributed by atoms with Crippen molar-refractivity contribution in [1.29, 1.82) is 0 Å². The van der Waals surface area contributed by atoms with Gasteiger partial charge >= 0.3 is 0 Å². The molecule has 0 radical (unpaired) electrons. The number of imidazole rings is 1. The first-order valence-electron chi connectivity index (χ1n) is 6.69. The van der Waals surface area contributed by atoms with E-state index in [0.29, 0.717) is 0 Å². The van der Waals surface area contributed by atoms with Crippen molar-refractivity contribution in [1.82, 2.24) is 19.6 Å². The molecule has 1 N–H and O–H groups in total. The van der Waals surface area contributed by atoms with E-state index in [1.54, 1.807) is 0 Å². The molecule has 0 aliphatic carbocycles. The van der Waals surface area contributed by atoms with Gasteiger partial charge in [0.05, 0.1) is 5.69 Å². The number of hydrogen-bond acceptors (Lipinski definition) is 3. The molecular formula is C14H22N4. The Kier molecular flexibility index (Phi) is 4.73. The third-order valence-corrected chi connectivity index (χ3v) is 3.10. The third kappa shape index (κ3) is 3.31. The lowest BCUT2D eigenvalue weighted by atomic mass is 10.4. The molecular weight excluding hydrogens is 224 g/mol. The van der Waals surface area contributed by atoms with Crippen LogP contribution in [0, 0.1) is 0 Å². The topological polar surface area (TPSA) is 32.6 Å². The van der Waals surface area contributed by atoms with Gasteiger partial charge in [0, 0.05) is 32.0 Å². The van der Waals surface area contributed by atoms with Crippen molar-refractivity contribution in [3.63, 3.8) is 0 Å². The van der Waals surface area contributed by atoms with Crippen LogP contribution < -0.4 is 5.32 Å².